The van der Waals surface area contributed by atoms with Crippen molar-refractivity contribution in [3.05, 3.63) is 47.0 Å². The number of benzene rings is 1. The average molecular weight is 422 g/mol. The van der Waals surface area contributed by atoms with Crippen LogP contribution in [-0.4, -0.2) is 23.0 Å². The van der Waals surface area contributed by atoms with E-state index in [4.69, 9.17) is 4.74 Å². The SMILES string of the molecule is Cc1ccc(C(=O)O[C@H]2CC[C@@]3(C)C(=CC[C@@H]4[C@@H]3CC[C@]3(C)/C(=N\O)CC[C@@H]43)C2)cc1. The Balaban J connectivity index is 1.32. The molecule has 166 valence electrons. The van der Waals surface area contributed by atoms with E-state index < -0.39 is 0 Å². The number of fused-ring (bicyclic) bond motifs is 5. The molecule has 3 fully saturated rings. The van der Waals surface area contributed by atoms with Gasteiger partial charge in [0.1, 0.15) is 6.10 Å². The van der Waals surface area contributed by atoms with Crippen molar-refractivity contribution in [3.63, 3.8) is 0 Å². The Labute approximate surface area is 185 Å². The quantitative estimate of drug-likeness (QED) is 0.263. The lowest BCUT2D eigenvalue weighted by Crippen LogP contribution is -2.50. The molecule has 1 N–H and O–H groups in total. The van der Waals surface area contributed by atoms with Crippen LogP contribution in [0.1, 0.15) is 81.1 Å². The molecule has 31 heavy (non-hydrogen) atoms. The Kier molecular flexibility index (Phi) is 5.02. The minimum atomic E-state index is -0.196. The highest BCUT2D eigenvalue weighted by atomic mass is 16.5. The maximum absolute atomic E-state index is 12.6. The van der Waals surface area contributed by atoms with E-state index in [0.29, 0.717) is 23.3 Å². The fraction of sp³-hybridized carbons (Fsp3) is 0.630. The van der Waals surface area contributed by atoms with E-state index in [0.717, 1.165) is 56.2 Å². The standard InChI is InChI=1S/C27H35NO3/c1-17-4-6-18(7-5-17)25(29)31-20-12-14-26(2)19(16-20)8-9-21-22-10-11-24(28-30)27(22,3)15-13-23(21)26/h4-8,20-23,30H,9-16H2,1-3H3/b28-24-/t20-,21-,22-,23-,26-,27-/m0/s1. The van der Waals surface area contributed by atoms with Crippen LogP contribution in [-0.2, 0) is 4.74 Å². The second-order valence-electron chi connectivity index (χ2n) is 10.9. The van der Waals surface area contributed by atoms with Crippen molar-refractivity contribution in [3.8, 4) is 0 Å². The topological polar surface area (TPSA) is 58.9 Å². The molecule has 0 amide bonds. The number of esters is 1. The first kappa shape index (κ1) is 20.8. The van der Waals surface area contributed by atoms with Gasteiger partial charge in [0, 0.05) is 11.8 Å². The normalized spacial score (nSPS) is 40.5. The second-order valence-corrected chi connectivity index (χ2v) is 10.9. The van der Waals surface area contributed by atoms with Crippen molar-refractivity contribution >= 4 is 11.7 Å². The number of carbonyl (C=O) groups is 1. The van der Waals surface area contributed by atoms with Gasteiger partial charge in [-0.2, -0.15) is 0 Å². The molecule has 0 heterocycles. The Bertz CT molecular complexity index is 932. The van der Waals surface area contributed by atoms with Crippen LogP contribution < -0.4 is 0 Å². The number of rotatable bonds is 2. The zero-order valence-electron chi connectivity index (χ0n) is 19.1. The first-order valence-electron chi connectivity index (χ1n) is 12.0. The number of aryl methyl sites for hydroxylation is 1. The van der Waals surface area contributed by atoms with E-state index in [1.807, 2.05) is 31.2 Å². The monoisotopic (exact) mass is 421 g/mol. The number of ether oxygens (including phenoxy) is 1. The van der Waals surface area contributed by atoms with Gasteiger partial charge in [0.25, 0.3) is 0 Å². The lowest BCUT2D eigenvalue weighted by molar-refractivity contribution is -0.0287. The van der Waals surface area contributed by atoms with Gasteiger partial charge >= 0.3 is 5.97 Å². The molecule has 4 aliphatic rings. The molecular weight excluding hydrogens is 386 g/mol. The molecule has 1 aromatic carbocycles. The van der Waals surface area contributed by atoms with E-state index in [2.05, 4.69) is 25.1 Å². The third-order valence-electron chi connectivity index (χ3n) is 9.48. The van der Waals surface area contributed by atoms with Crippen LogP contribution in [0.25, 0.3) is 0 Å². The molecule has 0 bridgehead atoms. The summed E-state index contributed by atoms with van der Waals surface area (Å²) in [4.78, 5) is 12.6. The fourth-order valence-electron chi connectivity index (χ4n) is 7.59. The van der Waals surface area contributed by atoms with Crippen molar-refractivity contribution in [2.75, 3.05) is 0 Å². The minimum absolute atomic E-state index is 0.0156. The molecule has 0 aliphatic heterocycles. The summed E-state index contributed by atoms with van der Waals surface area (Å²) in [5.41, 5.74) is 4.64. The zero-order valence-corrected chi connectivity index (χ0v) is 19.1. The summed E-state index contributed by atoms with van der Waals surface area (Å²) in [6.07, 6.45) is 10.9. The Hall–Kier alpha value is -2.10. The van der Waals surface area contributed by atoms with Gasteiger partial charge in [0.2, 0.25) is 0 Å². The van der Waals surface area contributed by atoms with Gasteiger partial charge in [-0.05, 0) is 87.2 Å². The van der Waals surface area contributed by atoms with Crippen LogP contribution in [0.15, 0.2) is 41.1 Å². The predicted octanol–water partition coefficient (Wildman–Crippen LogP) is 6.31. The van der Waals surface area contributed by atoms with Crippen molar-refractivity contribution in [1.29, 1.82) is 0 Å². The molecule has 6 atom stereocenters. The summed E-state index contributed by atoms with van der Waals surface area (Å²) in [5, 5.41) is 13.2. The average Bonchev–Trinajstić information content (AvgIpc) is 3.10. The second kappa shape index (κ2) is 7.50. The van der Waals surface area contributed by atoms with E-state index in [1.54, 1.807) is 0 Å². The van der Waals surface area contributed by atoms with Gasteiger partial charge in [-0.25, -0.2) is 4.79 Å². The molecule has 5 rings (SSSR count). The highest BCUT2D eigenvalue weighted by Crippen LogP contribution is 2.64. The van der Waals surface area contributed by atoms with Crippen molar-refractivity contribution in [2.24, 2.45) is 33.7 Å². The zero-order chi connectivity index (χ0) is 21.8. The number of oxime groups is 1. The largest absolute Gasteiger partial charge is 0.458 e. The lowest BCUT2D eigenvalue weighted by Gasteiger charge is -2.57. The van der Waals surface area contributed by atoms with Crippen molar-refractivity contribution in [2.45, 2.75) is 78.2 Å². The molecule has 1 aromatic rings. The number of carbonyl (C=O) groups excluding carboxylic acids is 1. The minimum Gasteiger partial charge on any atom is -0.458 e. The van der Waals surface area contributed by atoms with E-state index in [1.165, 1.54) is 12.0 Å². The molecular formula is C27H35NO3. The van der Waals surface area contributed by atoms with Crippen LogP contribution in [0, 0.1) is 35.5 Å². The van der Waals surface area contributed by atoms with Gasteiger partial charge in [-0.1, -0.05) is 48.3 Å². The molecule has 0 unspecified atom stereocenters. The van der Waals surface area contributed by atoms with Gasteiger partial charge < -0.3 is 9.94 Å². The first-order valence-corrected chi connectivity index (χ1v) is 12.0. The molecule has 4 heteroatoms. The molecule has 4 aliphatic carbocycles. The Morgan fingerprint density at radius 2 is 1.77 bits per heavy atom. The molecule has 0 saturated heterocycles. The van der Waals surface area contributed by atoms with Crippen LogP contribution in [0.2, 0.25) is 0 Å². The van der Waals surface area contributed by atoms with Gasteiger partial charge in [-0.3, -0.25) is 0 Å². The van der Waals surface area contributed by atoms with Gasteiger partial charge in [-0.15, -0.1) is 0 Å². The highest BCUT2D eigenvalue weighted by molar-refractivity contribution is 5.92. The lowest BCUT2D eigenvalue weighted by atomic mass is 9.48. The van der Waals surface area contributed by atoms with Crippen molar-refractivity contribution < 1.29 is 14.7 Å². The summed E-state index contributed by atoms with van der Waals surface area (Å²) in [6.45, 7) is 6.82. The first-order chi connectivity index (χ1) is 14.8. The number of hydrogen-bond donors (Lipinski definition) is 1. The fourth-order valence-corrected chi connectivity index (χ4v) is 7.59. The Morgan fingerprint density at radius 3 is 2.52 bits per heavy atom. The number of allylic oxidation sites excluding steroid dienone is 1. The summed E-state index contributed by atoms with van der Waals surface area (Å²) in [7, 11) is 0. The van der Waals surface area contributed by atoms with Crippen LogP contribution >= 0.6 is 0 Å². The van der Waals surface area contributed by atoms with Crippen LogP contribution in [0.3, 0.4) is 0 Å². The maximum Gasteiger partial charge on any atom is 0.338 e. The van der Waals surface area contributed by atoms with E-state index in [-0.39, 0.29) is 22.9 Å². The summed E-state index contributed by atoms with van der Waals surface area (Å²) in [5.74, 6) is 1.80. The summed E-state index contributed by atoms with van der Waals surface area (Å²) < 4.78 is 5.94. The third kappa shape index (κ3) is 3.25. The Morgan fingerprint density at radius 1 is 1.06 bits per heavy atom. The molecule has 0 spiro atoms. The van der Waals surface area contributed by atoms with Gasteiger partial charge in [0.05, 0.1) is 11.3 Å². The summed E-state index contributed by atoms with van der Waals surface area (Å²) in [6, 6.07) is 7.65. The summed E-state index contributed by atoms with van der Waals surface area (Å²) >= 11 is 0. The maximum atomic E-state index is 12.6. The predicted molar refractivity (Wildman–Crippen MR) is 121 cm³/mol. The molecule has 0 aromatic heterocycles. The smallest absolute Gasteiger partial charge is 0.338 e. The van der Waals surface area contributed by atoms with E-state index >= 15 is 0 Å². The molecule has 4 nitrogen and oxygen atoms in total. The van der Waals surface area contributed by atoms with Crippen LogP contribution in [0.5, 0.6) is 0 Å². The molecule has 3 saturated carbocycles. The number of hydrogen-bond acceptors (Lipinski definition) is 4. The molecule has 0 radical (unpaired) electrons. The van der Waals surface area contributed by atoms with Gasteiger partial charge in [0.15, 0.2) is 0 Å². The highest BCUT2D eigenvalue weighted by Gasteiger charge is 2.58. The third-order valence-corrected chi connectivity index (χ3v) is 9.48. The van der Waals surface area contributed by atoms with E-state index in [9.17, 15) is 10.0 Å². The van der Waals surface area contributed by atoms with Crippen molar-refractivity contribution in [1.82, 2.24) is 0 Å². The van der Waals surface area contributed by atoms with Crippen LogP contribution in [0.4, 0.5) is 0 Å². The number of nitrogens with zero attached hydrogens (tertiary/aromatic N) is 1.